The highest BCUT2D eigenvalue weighted by molar-refractivity contribution is 6.06. The first kappa shape index (κ1) is 14.4. The molecule has 0 radical (unpaired) electrons. The van der Waals surface area contributed by atoms with Gasteiger partial charge in [-0.25, -0.2) is 0 Å². The predicted octanol–water partition coefficient (Wildman–Crippen LogP) is 3.05. The van der Waals surface area contributed by atoms with Crippen molar-refractivity contribution in [3.8, 4) is 0 Å². The Kier molecular flexibility index (Phi) is 3.48. The largest absolute Gasteiger partial charge is 0.358 e. The van der Waals surface area contributed by atoms with Crippen LogP contribution in [0.5, 0.6) is 0 Å². The van der Waals surface area contributed by atoms with E-state index in [1.165, 1.54) is 5.56 Å². The number of benzene rings is 1. The summed E-state index contributed by atoms with van der Waals surface area (Å²) in [7, 11) is 0. The molecule has 2 heterocycles. The molecule has 22 heavy (non-hydrogen) atoms. The Balaban J connectivity index is 1.88. The second kappa shape index (κ2) is 5.33. The van der Waals surface area contributed by atoms with Gasteiger partial charge in [-0.15, -0.1) is 0 Å². The fourth-order valence-electron chi connectivity index (χ4n) is 2.77. The maximum absolute atomic E-state index is 12.5. The Morgan fingerprint density at radius 3 is 2.64 bits per heavy atom. The molecule has 1 aromatic carbocycles. The lowest BCUT2D eigenvalue weighted by Gasteiger charge is -2.07. The van der Waals surface area contributed by atoms with Crippen molar-refractivity contribution in [3.05, 3.63) is 52.0 Å². The number of aromatic nitrogens is 3. The number of H-pyrrole nitrogens is 2. The summed E-state index contributed by atoms with van der Waals surface area (Å²) in [6.45, 7) is 8.45. The van der Waals surface area contributed by atoms with E-state index in [0.717, 1.165) is 33.5 Å². The molecule has 0 unspecified atom stereocenters. The van der Waals surface area contributed by atoms with E-state index in [0.29, 0.717) is 12.1 Å². The van der Waals surface area contributed by atoms with Crippen molar-refractivity contribution in [1.82, 2.24) is 20.5 Å². The maximum Gasteiger partial charge on any atom is 0.253 e. The fourth-order valence-corrected chi connectivity index (χ4v) is 2.77. The molecule has 0 saturated heterocycles. The van der Waals surface area contributed by atoms with E-state index in [4.69, 9.17) is 0 Å². The summed E-state index contributed by atoms with van der Waals surface area (Å²) in [4.78, 5) is 15.8. The van der Waals surface area contributed by atoms with Crippen molar-refractivity contribution < 1.29 is 4.79 Å². The number of aromatic amines is 2. The monoisotopic (exact) mass is 296 g/mol. The van der Waals surface area contributed by atoms with Gasteiger partial charge in [-0.05, 0) is 39.3 Å². The Labute approximate surface area is 129 Å². The zero-order valence-electron chi connectivity index (χ0n) is 13.3. The second-order valence-electron chi connectivity index (χ2n) is 5.70. The number of para-hydroxylation sites is 1. The van der Waals surface area contributed by atoms with Crippen molar-refractivity contribution in [1.29, 1.82) is 0 Å². The first-order chi connectivity index (χ1) is 10.5. The summed E-state index contributed by atoms with van der Waals surface area (Å²) in [5.41, 5.74) is 6.80. The van der Waals surface area contributed by atoms with Crippen LogP contribution >= 0.6 is 0 Å². The van der Waals surface area contributed by atoms with Crippen LogP contribution < -0.4 is 5.32 Å². The molecule has 0 saturated carbocycles. The molecule has 1 amide bonds. The van der Waals surface area contributed by atoms with Crippen molar-refractivity contribution in [2.24, 2.45) is 0 Å². The SMILES string of the molecule is Cc1n[nH]c(C)c1CNC(=O)c1cccc2c(C)c(C)[nH]c12. The molecule has 0 aliphatic rings. The average Bonchev–Trinajstić information content (AvgIpc) is 2.97. The number of fused-ring (bicyclic) bond motifs is 1. The van der Waals surface area contributed by atoms with Gasteiger partial charge in [0, 0.05) is 28.9 Å². The van der Waals surface area contributed by atoms with Gasteiger partial charge in [0.15, 0.2) is 0 Å². The van der Waals surface area contributed by atoms with Crippen molar-refractivity contribution >= 4 is 16.8 Å². The third-order valence-corrected chi connectivity index (χ3v) is 4.29. The van der Waals surface area contributed by atoms with E-state index in [9.17, 15) is 4.79 Å². The summed E-state index contributed by atoms with van der Waals surface area (Å²) in [5.74, 6) is -0.0770. The van der Waals surface area contributed by atoms with Crippen LogP contribution in [-0.4, -0.2) is 21.1 Å². The van der Waals surface area contributed by atoms with Crippen LogP contribution in [0.2, 0.25) is 0 Å². The molecular formula is C17H20N4O. The number of aryl methyl sites for hydroxylation is 4. The van der Waals surface area contributed by atoms with Crippen molar-refractivity contribution in [3.63, 3.8) is 0 Å². The van der Waals surface area contributed by atoms with Gasteiger partial charge < -0.3 is 10.3 Å². The molecule has 114 valence electrons. The van der Waals surface area contributed by atoms with Crippen LogP contribution in [0.15, 0.2) is 18.2 Å². The minimum absolute atomic E-state index is 0.0770. The number of rotatable bonds is 3. The van der Waals surface area contributed by atoms with Crippen LogP contribution in [-0.2, 0) is 6.54 Å². The number of hydrogen-bond acceptors (Lipinski definition) is 2. The van der Waals surface area contributed by atoms with Gasteiger partial charge in [-0.3, -0.25) is 9.89 Å². The second-order valence-corrected chi connectivity index (χ2v) is 5.70. The Hall–Kier alpha value is -2.56. The minimum atomic E-state index is -0.0770. The number of carbonyl (C=O) groups excluding carboxylic acids is 1. The molecule has 0 fully saturated rings. The van der Waals surface area contributed by atoms with Gasteiger partial charge in [0.2, 0.25) is 0 Å². The standard InChI is InChI=1S/C17H20N4O/c1-9-10(2)19-16-13(9)6-5-7-14(16)17(22)18-8-15-11(3)20-21-12(15)4/h5-7,19H,8H2,1-4H3,(H,18,22)(H,20,21). The predicted molar refractivity (Wildman–Crippen MR) is 87.0 cm³/mol. The van der Waals surface area contributed by atoms with E-state index in [1.807, 2.05) is 39.0 Å². The number of nitrogens with zero attached hydrogens (tertiary/aromatic N) is 1. The van der Waals surface area contributed by atoms with E-state index >= 15 is 0 Å². The van der Waals surface area contributed by atoms with Gasteiger partial charge >= 0.3 is 0 Å². The van der Waals surface area contributed by atoms with Gasteiger partial charge in [-0.2, -0.15) is 5.10 Å². The molecule has 0 spiro atoms. The van der Waals surface area contributed by atoms with Gasteiger partial charge in [0.25, 0.3) is 5.91 Å². The zero-order valence-corrected chi connectivity index (χ0v) is 13.3. The average molecular weight is 296 g/mol. The lowest BCUT2D eigenvalue weighted by molar-refractivity contribution is 0.0952. The topological polar surface area (TPSA) is 73.6 Å². The minimum Gasteiger partial charge on any atom is -0.358 e. The quantitative estimate of drug-likeness (QED) is 0.695. The number of nitrogens with one attached hydrogen (secondary N) is 3. The van der Waals surface area contributed by atoms with E-state index in [2.05, 4.69) is 27.4 Å². The number of amides is 1. The third-order valence-electron chi connectivity index (χ3n) is 4.29. The van der Waals surface area contributed by atoms with E-state index in [1.54, 1.807) is 0 Å². The van der Waals surface area contributed by atoms with Crippen LogP contribution in [0.25, 0.3) is 10.9 Å². The molecule has 5 heteroatoms. The van der Waals surface area contributed by atoms with E-state index in [-0.39, 0.29) is 5.91 Å². The summed E-state index contributed by atoms with van der Waals surface area (Å²) in [6.07, 6.45) is 0. The molecule has 2 aromatic heterocycles. The van der Waals surface area contributed by atoms with E-state index < -0.39 is 0 Å². The normalized spacial score (nSPS) is 11.1. The van der Waals surface area contributed by atoms with Gasteiger partial charge in [0.05, 0.1) is 16.8 Å². The molecule has 0 atom stereocenters. The molecule has 3 aromatic rings. The summed E-state index contributed by atoms with van der Waals surface area (Å²) >= 11 is 0. The molecule has 5 nitrogen and oxygen atoms in total. The Morgan fingerprint density at radius 2 is 1.95 bits per heavy atom. The van der Waals surface area contributed by atoms with Crippen molar-refractivity contribution in [2.45, 2.75) is 34.2 Å². The smallest absolute Gasteiger partial charge is 0.253 e. The Morgan fingerprint density at radius 1 is 1.18 bits per heavy atom. The first-order valence-corrected chi connectivity index (χ1v) is 7.35. The maximum atomic E-state index is 12.5. The Bertz CT molecular complexity index is 838. The van der Waals surface area contributed by atoms with Gasteiger partial charge in [-0.1, -0.05) is 12.1 Å². The molecule has 3 N–H and O–H groups in total. The highest BCUT2D eigenvalue weighted by Gasteiger charge is 2.15. The lowest BCUT2D eigenvalue weighted by Crippen LogP contribution is -2.23. The zero-order chi connectivity index (χ0) is 15.9. The van der Waals surface area contributed by atoms with Gasteiger partial charge in [0.1, 0.15) is 0 Å². The van der Waals surface area contributed by atoms with Crippen LogP contribution in [0.3, 0.4) is 0 Å². The lowest BCUT2D eigenvalue weighted by atomic mass is 10.1. The summed E-state index contributed by atoms with van der Waals surface area (Å²) < 4.78 is 0. The van der Waals surface area contributed by atoms with Crippen LogP contribution in [0.1, 0.15) is 38.6 Å². The molecular weight excluding hydrogens is 276 g/mol. The molecule has 0 bridgehead atoms. The van der Waals surface area contributed by atoms with Crippen LogP contribution in [0.4, 0.5) is 0 Å². The highest BCUT2D eigenvalue weighted by atomic mass is 16.1. The molecule has 0 aliphatic carbocycles. The van der Waals surface area contributed by atoms with Crippen LogP contribution in [0, 0.1) is 27.7 Å². The third kappa shape index (κ3) is 2.28. The fraction of sp³-hybridized carbons (Fsp3) is 0.294. The number of hydrogen-bond donors (Lipinski definition) is 3. The molecule has 0 aliphatic heterocycles. The number of carbonyl (C=O) groups is 1. The highest BCUT2D eigenvalue weighted by Crippen LogP contribution is 2.24. The summed E-state index contributed by atoms with van der Waals surface area (Å²) in [5, 5.41) is 11.2. The summed E-state index contributed by atoms with van der Waals surface area (Å²) in [6, 6.07) is 5.81. The first-order valence-electron chi connectivity index (χ1n) is 7.35. The molecule has 3 rings (SSSR count). The van der Waals surface area contributed by atoms with Crippen molar-refractivity contribution in [2.75, 3.05) is 0 Å².